The van der Waals surface area contributed by atoms with E-state index in [0.29, 0.717) is 17.3 Å². The highest BCUT2D eigenvalue weighted by molar-refractivity contribution is 6.07. The molecule has 0 fully saturated rings. The Morgan fingerprint density at radius 3 is 2.57 bits per heavy atom. The van der Waals surface area contributed by atoms with Gasteiger partial charge in [0.25, 0.3) is 5.91 Å². The average Bonchev–Trinajstić information content (AvgIpc) is 2.51. The molecule has 1 heterocycles. The number of carbonyl (C=O) groups excluding carboxylic acids is 1. The van der Waals surface area contributed by atoms with Gasteiger partial charge in [0, 0.05) is 18.5 Å². The van der Waals surface area contributed by atoms with E-state index in [-0.39, 0.29) is 11.9 Å². The van der Waals surface area contributed by atoms with Crippen molar-refractivity contribution in [1.82, 2.24) is 9.88 Å². The summed E-state index contributed by atoms with van der Waals surface area (Å²) in [6, 6.07) is 9.43. The van der Waals surface area contributed by atoms with Crippen molar-refractivity contribution < 1.29 is 4.79 Å². The number of hydrazine groups is 1. The number of amides is 1. The lowest BCUT2D eigenvalue weighted by Gasteiger charge is -2.28. The number of nitrogens with one attached hydrogen (secondary N) is 1. The minimum Gasteiger partial charge on any atom is -0.339 e. The number of hydrogen-bond acceptors (Lipinski definition) is 4. The molecule has 1 aromatic heterocycles. The second-order valence-corrected chi connectivity index (χ2v) is 5.62. The highest BCUT2D eigenvalue weighted by Crippen LogP contribution is 2.23. The fraction of sp³-hybridized carbons (Fsp3) is 0.375. The molecule has 1 atom stereocenters. The minimum absolute atomic E-state index is 0.0219. The molecule has 3 N–H and O–H groups in total. The van der Waals surface area contributed by atoms with Crippen LogP contribution in [-0.2, 0) is 0 Å². The SMILES string of the molecule is CC(C)C(C)N(C)C(=O)c1cc(NN)nc2ccccc12. The van der Waals surface area contributed by atoms with Gasteiger partial charge in [-0.05, 0) is 25.0 Å². The van der Waals surface area contributed by atoms with E-state index in [2.05, 4.69) is 24.3 Å². The number of fused-ring (bicyclic) bond motifs is 1. The van der Waals surface area contributed by atoms with Crippen LogP contribution in [0.2, 0.25) is 0 Å². The van der Waals surface area contributed by atoms with E-state index in [1.54, 1.807) is 11.0 Å². The van der Waals surface area contributed by atoms with Gasteiger partial charge in [0.1, 0.15) is 5.82 Å². The lowest BCUT2D eigenvalue weighted by atomic mass is 10.0. The zero-order valence-electron chi connectivity index (χ0n) is 12.9. The van der Waals surface area contributed by atoms with Crippen molar-refractivity contribution in [1.29, 1.82) is 0 Å². The standard InChI is InChI=1S/C16H22N4O/c1-10(2)11(3)20(4)16(21)13-9-15(19-17)18-14-8-6-5-7-12(13)14/h5-11H,17H2,1-4H3,(H,18,19). The van der Waals surface area contributed by atoms with Gasteiger partial charge in [0.15, 0.2) is 0 Å². The van der Waals surface area contributed by atoms with Crippen molar-refractivity contribution in [3.05, 3.63) is 35.9 Å². The van der Waals surface area contributed by atoms with E-state index in [1.165, 1.54) is 0 Å². The van der Waals surface area contributed by atoms with E-state index >= 15 is 0 Å². The maximum Gasteiger partial charge on any atom is 0.254 e. The second kappa shape index (κ2) is 6.10. The minimum atomic E-state index is -0.0219. The van der Waals surface area contributed by atoms with Crippen LogP contribution >= 0.6 is 0 Å². The van der Waals surface area contributed by atoms with Gasteiger partial charge < -0.3 is 10.3 Å². The number of carbonyl (C=O) groups is 1. The molecule has 0 saturated heterocycles. The normalized spacial score (nSPS) is 12.5. The molecule has 2 rings (SSSR count). The Morgan fingerprint density at radius 1 is 1.29 bits per heavy atom. The Balaban J connectivity index is 2.52. The van der Waals surface area contributed by atoms with E-state index in [9.17, 15) is 4.79 Å². The summed E-state index contributed by atoms with van der Waals surface area (Å²) < 4.78 is 0. The number of para-hydroxylation sites is 1. The van der Waals surface area contributed by atoms with Crippen LogP contribution in [0.4, 0.5) is 5.82 Å². The average molecular weight is 286 g/mol. The second-order valence-electron chi connectivity index (χ2n) is 5.62. The van der Waals surface area contributed by atoms with Crippen molar-refractivity contribution in [3.63, 3.8) is 0 Å². The Labute approximate surface area is 125 Å². The number of nitrogen functional groups attached to an aromatic ring is 1. The van der Waals surface area contributed by atoms with Crippen LogP contribution in [0, 0.1) is 5.92 Å². The fourth-order valence-corrected chi connectivity index (χ4v) is 2.25. The zero-order chi connectivity index (χ0) is 15.6. The van der Waals surface area contributed by atoms with Gasteiger partial charge in [-0.25, -0.2) is 10.8 Å². The lowest BCUT2D eigenvalue weighted by Crippen LogP contribution is -2.38. The predicted octanol–water partition coefficient (Wildman–Crippen LogP) is 2.64. The van der Waals surface area contributed by atoms with Crippen molar-refractivity contribution >= 4 is 22.6 Å². The summed E-state index contributed by atoms with van der Waals surface area (Å²) in [4.78, 5) is 18.9. The Kier molecular flexibility index (Phi) is 4.43. The molecule has 0 aliphatic heterocycles. The van der Waals surface area contributed by atoms with E-state index < -0.39 is 0 Å². The maximum absolute atomic E-state index is 12.8. The molecule has 0 radical (unpaired) electrons. The number of benzene rings is 1. The summed E-state index contributed by atoms with van der Waals surface area (Å²) >= 11 is 0. The van der Waals surface area contributed by atoms with Gasteiger partial charge in [-0.3, -0.25) is 4.79 Å². The number of nitrogens with two attached hydrogens (primary N) is 1. The van der Waals surface area contributed by atoms with Gasteiger partial charge in [0.2, 0.25) is 0 Å². The number of aromatic nitrogens is 1. The topological polar surface area (TPSA) is 71.2 Å². The molecule has 5 nitrogen and oxygen atoms in total. The first-order chi connectivity index (χ1) is 9.95. The fourth-order valence-electron chi connectivity index (χ4n) is 2.25. The van der Waals surface area contributed by atoms with E-state index in [0.717, 1.165) is 10.9 Å². The summed E-state index contributed by atoms with van der Waals surface area (Å²) in [5.41, 5.74) is 3.89. The van der Waals surface area contributed by atoms with E-state index in [4.69, 9.17) is 5.84 Å². The lowest BCUT2D eigenvalue weighted by molar-refractivity contribution is 0.0709. The molecule has 2 aromatic rings. The van der Waals surface area contributed by atoms with Crippen molar-refractivity contribution in [2.75, 3.05) is 12.5 Å². The smallest absolute Gasteiger partial charge is 0.254 e. The van der Waals surface area contributed by atoms with Crippen LogP contribution in [0.25, 0.3) is 10.9 Å². The highest BCUT2D eigenvalue weighted by atomic mass is 16.2. The van der Waals surface area contributed by atoms with Crippen LogP contribution in [0.5, 0.6) is 0 Å². The molecule has 0 saturated carbocycles. The summed E-state index contributed by atoms with van der Waals surface area (Å²) in [5, 5.41) is 0.837. The number of hydrogen-bond donors (Lipinski definition) is 2. The number of anilines is 1. The molecule has 1 unspecified atom stereocenters. The van der Waals surface area contributed by atoms with Crippen LogP contribution in [0.1, 0.15) is 31.1 Å². The zero-order valence-corrected chi connectivity index (χ0v) is 12.9. The highest BCUT2D eigenvalue weighted by Gasteiger charge is 2.22. The molecule has 0 aliphatic carbocycles. The molecule has 1 amide bonds. The molecular formula is C16H22N4O. The quantitative estimate of drug-likeness (QED) is 0.669. The summed E-state index contributed by atoms with van der Waals surface area (Å²) in [6.07, 6.45) is 0. The Morgan fingerprint density at radius 2 is 1.95 bits per heavy atom. The molecule has 0 spiro atoms. The monoisotopic (exact) mass is 286 g/mol. The molecule has 0 bridgehead atoms. The summed E-state index contributed by atoms with van der Waals surface area (Å²) in [6.45, 7) is 6.26. The van der Waals surface area contributed by atoms with Gasteiger partial charge in [-0.2, -0.15) is 0 Å². The number of pyridine rings is 1. The molecule has 112 valence electrons. The molecule has 0 aliphatic rings. The summed E-state index contributed by atoms with van der Waals surface area (Å²) in [5.74, 6) is 6.31. The first-order valence-corrected chi connectivity index (χ1v) is 7.09. The van der Waals surface area contributed by atoms with Gasteiger partial charge in [-0.1, -0.05) is 32.0 Å². The first kappa shape index (κ1) is 15.3. The van der Waals surface area contributed by atoms with Crippen molar-refractivity contribution in [3.8, 4) is 0 Å². The van der Waals surface area contributed by atoms with Crippen LogP contribution in [0.3, 0.4) is 0 Å². The third-order valence-corrected chi connectivity index (χ3v) is 3.99. The van der Waals surface area contributed by atoms with Gasteiger partial charge >= 0.3 is 0 Å². The third-order valence-electron chi connectivity index (χ3n) is 3.99. The molecule has 21 heavy (non-hydrogen) atoms. The largest absolute Gasteiger partial charge is 0.339 e. The van der Waals surface area contributed by atoms with Crippen LogP contribution in [0.15, 0.2) is 30.3 Å². The first-order valence-electron chi connectivity index (χ1n) is 7.09. The maximum atomic E-state index is 12.8. The van der Waals surface area contributed by atoms with Crippen molar-refractivity contribution in [2.45, 2.75) is 26.8 Å². The van der Waals surface area contributed by atoms with Gasteiger partial charge in [0.05, 0.1) is 11.1 Å². The predicted molar refractivity (Wildman–Crippen MR) is 85.9 cm³/mol. The Hall–Kier alpha value is -2.14. The molecule has 5 heteroatoms. The van der Waals surface area contributed by atoms with Crippen LogP contribution < -0.4 is 11.3 Å². The van der Waals surface area contributed by atoms with Gasteiger partial charge in [-0.15, -0.1) is 0 Å². The number of rotatable bonds is 4. The third kappa shape index (κ3) is 2.97. The van der Waals surface area contributed by atoms with E-state index in [1.807, 2.05) is 38.2 Å². The molecular weight excluding hydrogens is 264 g/mol. The summed E-state index contributed by atoms with van der Waals surface area (Å²) in [7, 11) is 1.83. The Bertz CT molecular complexity index is 654. The molecule has 1 aromatic carbocycles. The number of nitrogens with zero attached hydrogens (tertiary/aromatic N) is 2. The van der Waals surface area contributed by atoms with Crippen molar-refractivity contribution in [2.24, 2.45) is 11.8 Å². The van der Waals surface area contributed by atoms with Crippen LogP contribution in [-0.4, -0.2) is 28.9 Å².